The molecule has 0 bridgehead atoms. The van der Waals surface area contributed by atoms with Crippen molar-refractivity contribution < 1.29 is 13.2 Å². The Morgan fingerprint density at radius 3 is 2.00 bits per heavy atom. The van der Waals surface area contributed by atoms with Crippen LogP contribution < -0.4 is 5.32 Å². The number of carbonyl (C=O) groups is 1. The van der Waals surface area contributed by atoms with Crippen LogP contribution in [-0.2, 0) is 15.0 Å². The average Bonchev–Trinajstić information content (AvgIpc) is 2.33. The monoisotopic (exact) mass is 313 g/mol. The van der Waals surface area contributed by atoms with Gasteiger partial charge in [0.05, 0.1) is 6.54 Å². The van der Waals surface area contributed by atoms with Crippen LogP contribution >= 0.6 is 0 Å². The average molecular weight is 313 g/mol. The molecule has 0 aliphatic rings. The van der Waals surface area contributed by atoms with E-state index >= 15 is 0 Å². The number of carbonyl (C=O) groups excluding carboxylic acids is 1. The first kappa shape index (κ1) is 17.6. The number of nitrogens with one attached hydrogen (secondary N) is 1. The van der Waals surface area contributed by atoms with Crippen molar-refractivity contribution in [1.82, 2.24) is 8.61 Å². The highest BCUT2D eigenvalue weighted by Crippen LogP contribution is 2.21. The summed E-state index contributed by atoms with van der Waals surface area (Å²) in [5.74, 6) is -0.363. The lowest BCUT2D eigenvalue weighted by Gasteiger charge is -2.21. The summed E-state index contributed by atoms with van der Waals surface area (Å²) in [5, 5.41) is 2.78. The van der Waals surface area contributed by atoms with Gasteiger partial charge in [0.2, 0.25) is 5.91 Å². The molecule has 0 atom stereocenters. The molecule has 1 aromatic carbocycles. The topological polar surface area (TPSA) is 69.7 Å². The van der Waals surface area contributed by atoms with Crippen molar-refractivity contribution in [2.24, 2.45) is 0 Å². The fraction of sp³-hybridized carbons (Fsp3) is 0.500. The summed E-state index contributed by atoms with van der Waals surface area (Å²) in [6.45, 7) is 5.59. The SMILES string of the molecule is Cc1cc(C)c(NC(=O)CN(C)S(=O)(=O)N(C)C)c(C)c1. The molecule has 1 amide bonds. The Morgan fingerprint density at radius 1 is 1.10 bits per heavy atom. The Labute approximate surface area is 126 Å². The van der Waals surface area contributed by atoms with Gasteiger partial charge in [0.1, 0.15) is 0 Å². The zero-order chi connectivity index (χ0) is 16.4. The summed E-state index contributed by atoms with van der Waals surface area (Å²) in [6, 6.07) is 3.95. The van der Waals surface area contributed by atoms with Crippen molar-refractivity contribution in [3.8, 4) is 0 Å². The maximum absolute atomic E-state index is 12.0. The van der Waals surface area contributed by atoms with Crippen LogP contribution in [0.3, 0.4) is 0 Å². The minimum absolute atomic E-state index is 0.229. The highest BCUT2D eigenvalue weighted by molar-refractivity contribution is 7.86. The van der Waals surface area contributed by atoms with Crippen LogP contribution in [0.2, 0.25) is 0 Å². The lowest BCUT2D eigenvalue weighted by atomic mass is 10.1. The first-order valence-electron chi connectivity index (χ1n) is 6.57. The van der Waals surface area contributed by atoms with Crippen LogP contribution in [0.4, 0.5) is 5.69 Å². The van der Waals surface area contributed by atoms with Crippen LogP contribution in [0.25, 0.3) is 0 Å². The number of nitrogens with zero attached hydrogens (tertiary/aromatic N) is 2. The molecule has 1 N–H and O–H groups in total. The summed E-state index contributed by atoms with van der Waals surface area (Å²) >= 11 is 0. The maximum atomic E-state index is 12.0. The number of anilines is 1. The van der Waals surface area contributed by atoms with E-state index in [1.54, 1.807) is 0 Å². The van der Waals surface area contributed by atoms with Crippen molar-refractivity contribution in [3.05, 3.63) is 28.8 Å². The lowest BCUT2D eigenvalue weighted by molar-refractivity contribution is -0.116. The van der Waals surface area contributed by atoms with Crippen molar-refractivity contribution >= 4 is 21.8 Å². The molecule has 0 aliphatic carbocycles. The first-order chi connectivity index (χ1) is 9.55. The van der Waals surface area contributed by atoms with Gasteiger partial charge in [-0.05, 0) is 31.9 Å². The molecule has 0 saturated carbocycles. The number of amides is 1. The number of benzene rings is 1. The molecular weight excluding hydrogens is 290 g/mol. The van der Waals surface area contributed by atoms with E-state index < -0.39 is 10.2 Å². The molecule has 0 heterocycles. The van der Waals surface area contributed by atoms with Gasteiger partial charge in [-0.1, -0.05) is 17.7 Å². The fourth-order valence-corrected chi connectivity index (χ4v) is 2.96. The minimum Gasteiger partial charge on any atom is -0.324 e. The van der Waals surface area contributed by atoms with E-state index in [0.29, 0.717) is 0 Å². The van der Waals surface area contributed by atoms with Crippen LogP contribution in [0.5, 0.6) is 0 Å². The number of hydrogen-bond acceptors (Lipinski definition) is 3. The predicted octanol–water partition coefficient (Wildman–Crippen LogP) is 1.29. The molecular formula is C14H23N3O3S. The quantitative estimate of drug-likeness (QED) is 0.890. The lowest BCUT2D eigenvalue weighted by Crippen LogP contribution is -2.41. The molecule has 0 fully saturated rings. The highest BCUT2D eigenvalue weighted by Gasteiger charge is 2.23. The third-order valence-electron chi connectivity index (χ3n) is 3.16. The van der Waals surface area contributed by atoms with Crippen molar-refractivity contribution in [3.63, 3.8) is 0 Å². The molecule has 21 heavy (non-hydrogen) atoms. The molecule has 0 spiro atoms. The Morgan fingerprint density at radius 2 is 1.57 bits per heavy atom. The summed E-state index contributed by atoms with van der Waals surface area (Å²) in [6.07, 6.45) is 0. The van der Waals surface area contributed by atoms with Gasteiger partial charge in [0.15, 0.2) is 0 Å². The number of likely N-dealkylation sites (N-methyl/N-ethyl adjacent to an activating group) is 1. The van der Waals surface area contributed by atoms with Gasteiger partial charge in [0.25, 0.3) is 10.2 Å². The Hall–Kier alpha value is -1.44. The minimum atomic E-state index is -3.59. The second-order valence-electron chi connectivity index (χ2n) is 5.37. The largest absolute Gasteiger partial charge is 0.324 e. The zero-order valence-electron chi connectivity index (χ0n) is 13.4. The van der Waals surface area contributed by atoms with Gasteiger partial charge in [0, 0.05) is 26.8 Å². The second-order valence-corrected chi connectivity index (χ2v) is 7.62. The van der Waals surface area contributed by atoms with Gasteiger partial charge in [-0.3, -0.25) is 4.79 Å². The number of hydrogen-bond donors (Lipinski definition) is 1. The molecule has 7 heteroatoms. The molecule has 1 aromatic rings. The summed E-state index contributed by atoms with van der Waals surface area (Å²) in [5.41, 5.74) is 3.77. The fourth-order valence-electron chi connectivity index (χ4n) is 2.12. The van der Waals surface area contributed by atoms with E-state index in [2.05, 4.69) is 5.32 Å². The molecule has 0 aliphatic heterocycles. The van der Waals surface area contributed by atoms with Gasteiger partial charge in [-0.2, -0.15) is 17.0 Å². The van der Waals surface area contributed by atoms with Crippen LogP contribution in [0.1, 0.15) is 16.7 Å². The second kappa shape index (κ2) is 6.55. The van der Waals surface area contributed by atoms with Crippen LogP contribution in [0, 0.1) is 20.8 Å². The van der Waals surface area contributed by atoms with Crippen LogP contribution in [0.15, 0.2) is 12.1 Å². The zero-order valence-corrected chi connectivity index (χ0v) is 14.2. The first-order valence-corrected chi connectivity index (χ1v) is 7.97. The van der Waals surface area contributed by atoms with Crippen molar-refractivity contribution in [2.45, 2.75) is 20.8 Å². The third kappa shape index (κ3) is 4.26. The highest BCUT2D eigenvalue weighted by atomic mass is 32.2. The van der Waals surface area contributed by atoms with E-state index in [1.165, 1.54) is 21.1 Å². The standard InChI is InChI=1S/C14H23N3O3S/c1-10-7-11(2)14(12(3)8-10)15-13(18)9-17(6)21(19,20)16(4)5/h7-8H,9H2,1-6H3,(H,15,18). The van der Waals surface area contributed by atoms with Crippen molar-refractivity contribution in [2.75, 3.05) is 33.0 Å². The van der Waals surface area contributed by atoms with Crippen molar-refractivity contribution in [1.29, 1.82) is 0 Å². The summed E-state index contributed by atoms with van der Waals surface area (Å²) in [7, 11) is 0.651. The van der Waals surface area contributed by atoms with Gasteiger partial charge in [-0.25, -0.2) is 0 Å². The molecule has 1 rings (SSSR count). The molecule has 0 unspecified atom stereocenters. The van der Waals surface area contributed by atoms with E-state index in [0.717, 1.165) is 31.0 Å². The predicted molar refractivity (Wildman–Crippen MR) is 84.5 cm³/mol. The molecule has 0 aromatic heterocycles. The third-order valence-corrected chi connectivity index (χ3v) is 5.00. The van der Waals surface area contributed by atoms with E-state index in [-0.39, 0.29) is 12.5 Å². The molecule has 0 radical (unpaired) electrons. The molecule has 118 valence electrons. The van der Waals surface area contributed by atoms with E-state index in [1.807, 2.05) is 32.9 Å². The van der Waals surface area contributed by atoms with E-state index in [9.17, 15) is 13.2 Å². The number of aryl methyl sites for hydroxylation is 3. The normalized spacial score (nSPS) is 12.0. The van der Waals surface area contributed by atoms with E-state index in [4.69, 9.17) is 0 Å². The van der Waals surface area contributed by atoms with Gasteiger partial charge < -0.3 is 5.32 Å². The van der Waals surface area contributed by atoms with Crippen LogP contribution in [-0.4, -0.2) is 50.6 Å². The Kier molecular flexibility index (Phi) is 5.49. The summed E-state index contributed by atoms with van der Waals surface area (Å²) < 4.78 is 25.8. The molecule has 0 saturated heterocycles. The smallest absolute Gasteiger partial charge is 0.281 e. The van der Waals surface area contributed by atoms with Gasteiger partial charge >= 0.3 is 0 Å². The summed E-state index contributed by atoms with van der Waals surface area (Å²) in [4.78, 5) is 12.0. The Bertz CT molecular complexity index is 616. The molecule has 6 nitrogen and oxygen atoms in total. The Balaban J connectivity index is 2.85. The maximum Gasteiger partial charge on any atom is 0.281 e. The van der Waals surface area contributed by atoms with Gasteiger partial charge in [-0.15, -0.1) is 0 Å². The number of rotatable bonds is 5.